The van der Waals surface area contributed by atoms with E-state index in [0.717, 1.165) is 24.8 Å². The summed E-state index contributed by atoms with van der Waals surface area (Å²) in [5, 5.41) is 11.1. The van der Waals surface area contributed by atoms with Gasteiger partial charge in [-0.25, -0.2) is 8.42 Å². The third kappa shape index (κ3) is 1.74. The molecule has 18 heavy (non-hydrogen) atoms. The van der Waals surface area contributed by atoms with Crippen LogP contribution < -0.4 is 0 Å². The number of aryl methyl sites for hydroxylation is 1. The minimum Gasteiger partial charge on any atom is -0.391 e. The Morgan fingerprint density at radius 2 is 2.28 bits per heavy atom. The third-order valence-electron chi connectivity index (χ3n) is 4.06. The summed E-state index contributed by atoms with van der Waals surface area (Å²) < 4.78 is 27.1. The van der Waals surface area contributed by atoms with Gasteiger partial charge in [0.25, 0.3) is 0 Å². The van der Waals surface area contributed by atoms with Crippen molar-refractivity contribution in [1.29, 1.82) is 0 Å². The molecule has 1 aliphatic carbocycles. The second kappa shape index (κ2) is 4.30. The summed E-state index contributed by atoms with van der Waals surface area (Å²) in [5.74, 6) is 0.543. The SMILES string of the molecule is Cc1csc(CO)c1S(=O)(=O)N1CC2CCC1C2. The highest BCUT2D eigenvalue weighted by molar-refractivity contribution is 7.89. The van der Waals surface area contributed by atoms with Gasteiger partial charge in [-0.2, -0.15) is 4.31 Å². The zero-order chi connectivity index (χ0) is 12.9. The minimum absolute atomic E-state index is 0.186. The average molecular weight is 287 g/mol. The molecule has 1 aliphatic heterocycles. The molecule has 0 amide bonds. The number of hydrogen-bond donors (Lipinski definition) is 1. The molecule has 100 valence electrons. The van der Waals surface area contributed by atoms with Gasteiger partial charge in [-0.15, -0.1) is 11.3 Å². The predicted molar refractivity (Wildman–Crippen MR) is 70.0 cm³/mol. The molecule has 2 atom stereocenters. The first kappa shape index (κ1) is 12.6. The first-order valence-electron chi connectivity index (χ1n) is 6.23. The van der Waals surface area contributed by atoms with E-state index in [-0.39, 0.29) is 12.6 Å². The monoisotopic (exact) mass is 287 g/mol. The van der Waals surface area contributed by atoms with Crippen molar-refractivity contribution in [2.24, 2.45) is 5.92 Å². The van der Waals surface area contributed by atoms with Crippen LogP contribution in [-0.2, 0) is 16.6 Å². The van der Waals surface area contributed by atoms with Crippen molar-refractivity contribution >= 4 is 21.4 Å². The fraction of sp³-hybridized carbons (Fsp3) is 0.667. The summed E-state index contributed by atoms with van der Waals surface area (Å²) in [6, 6.07) is 0.186. The minimum atomic E-state index is -3.42. The van der Waals surface area contributed by atoms with Crippen molar-refractivity contribution in [3.05, 3.63) is 15.8 Å². The Morgan fingerprint density at radius 3 is 2.83 bits per heavy atom. The fourth-order valence-electron chi connectivity index (χ4n) is 3.23. The van der Waals surface area contributed by atoms with E-state index in [2.05, 4.69) is 0 Å². The van der Waals surface area contributed by atoms with Gasteiger partial charge in [-0.1, -0.05) is 0 Å². The van der Waals surface area contributed by atoms with Gasteiger partial charge < -0.3 is 5.11 Å². The number of sulfonamides is 1. The van der Waals surface area contributed by atoms with Crippen LogP contribution in [-0.4, -0.2) is 30.4 Å². The van der Waals surface area contributed by atoms with E-state index in [1.807, 2.05) is 5.38 Å². The molecule has 1 aromatic heterocycles. The smallest absolute Gasteiger partial charge is 0.244 e. The lowest BCUT2D eigenvalue weighted by Crippen LogP contribution is -2.38. The number of piperidine rings is 1. The molecule has 1 saturated carbocycles. The van der Waals surface area contributed by atoms with Crippen LogP contribution in [0.15, 0.2) is 10.3 Å². The lowest BCUT2D eigenvalue weighted by atomic mass is 10.1. The summed E-state index contributed by atoms with van der Waals surface area (Å²) in [4.78, 5) is 0.915. The number of aliphatic hydroxyl groups is 1. The predicted octanol–water partition coefficient (Wildman–Crippen LogP) is 1.72. The molecule has 3 rings (SSSR count). The van der Waals surface area contributed by atoms with Crippen LogP contribution in [0.3, 0.4) is 0 Å². The summed E-state index contributed by atoms with van der Waals surface area (Å²) in [6.07, 6.45) is 3.16. The highest BCUT2D eigenvalue weighted by Crippen LogP contribution is 2.42. The Hall–Kier alpha value is -0.430. The number of fused-ring (bicyclic) bond motifs is 2. The summed E-state index contributed by atoms with van der Waals surface area (Å²) in [7, 11) is -3.42. The molecule has 2 aliphatic rings. The van der Waals surface area contributed by atoms with Gasteiger partial charge in [0.15, 0.2) is 0 Å². The van der Waals surface area contributed by atoms with Crippen LogP contribution in [0.25, 0.3) is 0 Å². The van der Waals surface area contributed by atoms with Gasteiger partial charge in [0.05, 0.1) is 11.5 Å². The van der Waals surface area contributed by atoms with E-state index in [4.69, 9.17) is 0 Å². The van der Waals surface area contributed by atoms with Gasteiger partial charge >= 0.3 is 0 Å². The highest BCUT2D eigenvalue weighted by Gasteiger charge is 2.45. The molecule has 6 heteroatoms. The van der Waals surface area contributed by atoms with Gasteiger partial charge in [0, 0.05) is 12.6 Å². The summed E-state index contributed by atoms with van der Waals surface area (Å²) in [5.41, 5.74) is 0.756. The highest BCUT2D eigenvalue weighted by atomic mass is 32.2. The number of thiophene rings is 1. The van der Waals surface area contributed by atoms with Crippen molar-refractivity contribution in [1.82, 2.24) is 4.31 Å². The largest absolute Gasteiger partial charge is 0.391 e. The fourth-order valence-corrected chi connectivity index (χ4v) is 6.59. The first-order chi connectivity index (χ1) is 8.54. The molecule has 1 saturated heterocycles. The molecule has 1 aromatic rings. The van der Waals surface area contributed by atoms with E-state index in [1.165, 1.54) is 11.3 Å². The zero-order valence-corrected chi connectivity index (χ0v) is 11.9. The van der Waals surface area contributed by atoms with Gasteiger partial charge in [0.1, 0.15) is 4.90 Å². The van der Waals surface area contributed by atoms with Crippen LogP contribution in [0, 0.1) is 12.8 Å². The Morgan fingerprint density at radius 1 is 1.50 bits per heavy atom. The summed E-state index contributed by atoms with van der Waals surface area (Å²) in [6.45, 7) is 2.26. The van der Waals surface area contributed by atoms with E-state index >= 15 is 0 Å². The molecular weight excluding hydrogens is 270 g/mol. The van der Waals surface area contributed by atoms with Gasteiger partial charge in [-0.3, -0.25) is 0 Å². The van der Waals surface area contributed by atoms with Crippen molar-refractivity contribution < 1.29 is 13.5 Å². The van der Waals surface area contributed by atoms with Gasteiger partial charge in [0.2, 0.25) is 10.0 Å². The Kier molecular flexibility index (Phi) is 3.01. The van der Waals surface area contributed by atoms with Crippen LogP contribution in [0.2, 0.25) is 0 Å². The van der Waals surface area contributed by atoms with E-state index < -0.39 is 10.0 Å². The molecule has 2 fully saturated rings. The zero-order valence-electron chi connectivity index (χ0n) is 10.3. The van der Waals surface area contributed by atoms with E-state index in [1.54, 1.807) is 11.2 Å². The van der Waals surface area contributed by atoms with E-state index in [9.17, 15) is 13.5 Å². The third-order valence-corrected chi connectivity index (χ3v) is 7.43. The Bertz CT molecular complexity index is 564. The maximum absolute atomic E-state index is 12.7. The second-order valence-corrected chi connectivity index (χ2v) is 8.03. The Labute approximate surface area is 111 Å². The molecule has 1 N–H and O–H groups in total. The molecule has 0 aromatic carbocycles. The van der Waals surface area contributed by atoms with Crippen molar-refractivity contribution in [2.45, 2.75) is 43.7 Å². The molecule has 4 nitrogen and oxygen atoms in total. The maximum Gasteiger partial charge on any atom is 0.244 e. The Balaban J connectivity index is 2.02. The lowest BCUT2D eigenvalue weighted by molar-refractivity contribution is 0.281. The molecule has 0 spiro atoms. The van der Waals surface area contributed by atoms with Crippen molar-refractivity contribution in [2.75, 3.05) is 6.54 Å². The maximum atomic E-state index is 12.7. The molecular formula is C12H17NO3S2. The lowest BCUT2D eigenvalue weighted by Gasteiger charge is -2.26. The molecule has 2 bridgehead atoms. The van der Waals surface area contributed by atoms with Crippen LogP contribution in [0.1, 0.15) is 29.7 Å². The quantitative estimate of drug-likeness (QED) is 0.921. The number of nitrogens with zero attached hydrogens (tertiary/aromatic N) is 1. The normalized spacial score (nSPS) is 28.1. The van der Waals surface area contributed by atoms with Gasteiger partial charge in [-0.05, 0) is 43.0 Å². The number of rotatable bonds is 3. The second-order valence-electron chi connectivity index (χ2n) is 5.24. The average Bonchev–Trinajstić information content (AvgIpc) is 3.02. The van der Waals surface area contributed by atoms with Crippen molar-refractivity contribution in [3.63, 3.8) is 0 Å². The van der Waals surface area contributed by atoms with Crippen LogP contribution in [0.4, 0.5) is 0 Å². The van der Waals surface area contributed by atoms with Crippen LogP contribution >= 0.6 is 11.3 Å². The van der Waals surface area contributed by atoms with Crippen molar-refractivity contribution in [3.8, 4) is 0 Å². The van der Waals surface area contributed by atoms with E-state index in [0.29, 0.717) is 22.2 Å². The first-order valence-corrected chi connectivity index (χ1v) is 8.55. The standard InChI is InChI=1S/C12H17NO3S2/c1-8-7-17-11(6-14)12(8)18(15,16)13-5-9-2-3-10(13)4-9/h7,9-10,14H,2-6H2,1H3. The summed E-state index contributed by atoms with van der Waals surface area (Å²) >= 11 is 1.33. The molecule has 2 unspecified atom stereocenters. The number of hydrogen-bond acceptors (Lipinski definition) is 4. The molecule has 0 radical (unpaired) electrons. The van der Waals surface area contributed by atoms with Crippen LogP contribution in [0.5, 0.6) is 0 Å². The number of aliphatic hydroxyl groups excluding tert-OH is 1. The topological polar surface area (TPSA) is 57.6 Å². The molecule has 2 heterocycles.